The van der Waals surface area contributed by atoms with E-state index in [0.29, 0.717) is 18.4 Å². The average molecular weight is 252 g/mol. The van der Waals surface area contributed by atoms with E-state index in [2.05, 4.69) is 11.4 Å². The van der Waals surface area contributed by atoms with Crippen LogP contribution >= 0.6 is 0 Å². The van der Waals surface area contributed by atoms with E-state index in [1.807, 2.05) is 13.8 Å². The summed E-state index contributed by atoms with van der Waals surface area (Å²) >= 11 is 0. The molecule has 0 bridgehead atoms. The maximum absolute atomic E-state index is 11.9. The number of nitrogens with one attached hydrogen (secondary N) is 1. The van der Waals surface area contributed by atoms with Crippen LogP contribution in [0.15, 0.2) is 0 Å². The summed E-state index contributed by atoms with van der Waals surface area (Å²) in [5.74, 6) is -0.0382. The summed E-state index contributed by atoms with van der Waals surface area (Å²) in [6.07, 6.45) is 4.44. The summed E-state index contributed by atoms with van der Waals surface area (Å²) in [6.45, 7) is 4.55. The molecule has 2 N–H and O–H groups in total. The molecule has 1 fully saturated rings. The zero-order valence-corrected chi connectivity index (χ0v) is 11.4. The van der Waals surface area contributed by atoms with Crippen LogP contribution in [0.25, 0.3) is 0 Å². The van der Waals surface area contributed by atoms with Crippen LogP contribution < -0.4 is 5.32 Å². The van der Waals surface area contributed by atoms with Crippen molar-refractivity contribution in [3.05, 3.63) is 0 Å². The molecule has 0 heterocycles. The van der Waals surface area contributed by atoms with Crippen LogP contribution in [-0.2, 0) is 4.79 Å². The summed E-state index contributed by atoms with van der Waals surface area (Å²) in [6, 6.07) is 2.05. The fourth-order valence-corrected chi connectivity index (χ4v) is 2.65. The maximum Gasteiger partial charge on any atom is 0.237 e. The fraction of sp³-hybridized carbons (Fsp3) is 0.857. The molecule has 1 rings (SSSR count). The number of carbonyl (C=O) groups is 1. The molecular formula is C14H24N2O2. The number of carbonyl (C=O) groups excluding carboxylic acids is 1. The summed E-state index contributed by atoms with van der Waals surface area (Å²) in [4.78, 5) is 11.9. The standard InChI is InChI=1S/C14H24N2O2/c1-10(2)13(7-15)14(18)16-8-11-5-3-4-6-12(11)9-17/h10-13,17H,3-6,8-9H2,1-2H3,(H,16,18). The van der Waals surface area contributed by atoms with Gasteiger partial charge in [0, 0.05) is 13.2 Å². The molecule has 0 aromatic carbocycles. The first-order valence-corrected chi connectivity index (χ1v) is 6.88. The lowest BCUT2D eigenvalue weighted by atomic mass is 9.79. The first-order chi connectivity index (χ1) is 8.60. The minimum absolute atomic E-state index is 0.0370. The second-order valence-corrected chi connectivity index (χ2v) is 5.58. The van der Waals surface area contributed by atoms with Gasteiger partial charge in [-0.15, -0.1) is 0 Å². The molecule has 1 aliphatic carbocycles. The maximum atomic E-state index is 11.9. The first-order valence-electron chi connectivity index (χ1n) is 6.88. The molecule has 0 spiro atoms. The third-order valence-electron chi connectivity index (χ3n) is 3.93. The quantitative estimate of drug-likeness (QED) is 0.782. The van der Waals surface area contributed by atoms with Gasteiger partial charge in [0.25, 0.3) is 0 Å². The molecular weight excluding hydrogens is 228 g/mol. The predicted molar refractivity (Wildman–Crippen MR) is 69.5 cm³/mol. The molecule has 0 aromatic rings. The lowest BCUT2D eigenvalue weighted by Crippen LogP contribution is -2.39. The van der Waals surface area contributed by atoms with E-state index < -0.39 is 5.92 Å². The van der Waals surface area contributed by atoms with Crippen LogP contribution in [0.4, 0.5) is 0 Å². The molecule has 0 aromatic heterocycles. The Labute approximate surface area is 109 Å². The number of hydrogen-bond donors (Lipinski definition) is 2. The number of amides is 1. The molecule has 1 amide bonds. The van der Waals surface area contributed by atoms with Crippen molar-refractivity contribution in [1.82, 2.24) is 5.32 Å². The van der Waals surface area contributed by atoms with Crippen molar-refractivity contribution >= 4 is 5.91 Å². The number of nitriles is 1. The Morgan fingerprint density at radius 1 is 1.39 bits per heavy atom. The third kappa shape index (κ3) is 3.99. The van der Waals surface area contributed by atoms with E-state index >= 15 is 0 Å². The Morgan fingerprint density at radius 2 is 2.00 bits per heavy atom. The van der Waals surface area contributed by atoms with Gasteiger partial charge in [-0.3, -0.25) is 4.79 Å². The highest BCUT2D eigenvalue weighted by Gasteiger charge is 2.27. The number of aliphatic hydroxyl groups excluding tert-OH is 1. The van der Waals surface area contributed by atoms with Crippen molar-refractivity contribution < 1.29 is 9.90 Å². The number of nitrogens with zero attached hydrogens (tertiary/aromatic N) is 1. The van der Waals surface area contributed by atoms with Crippen LogP contribution in [0.5, 0.6) is 0 Å². The van der Waals surface area contributed by atoms with E-state index in [-0.39, 0.29) is 18.4 Å². The van der Waals surface area contributed by atoms with E-state index in [0.717, 1.165) is 12.8 Å². The van der Waals surface area contributed by atoms with Crippen LogP contribution in [0.2, 0.25) is 0 Å². The van der Waals surface area contributed by atoms with Gasteiger partial charge in [0.2, 0.25) is 5.91 Å². The second-order valence-electron chi connectivity index (χ2n) is 5.58. The minimum Gasteiger partial charge on any atom is -0.396 e. The highest BCUT2D eigenvalue weighted by molar-refractivity contribution is 5.81. The fourth-order valence-electron chi connectivity index (χ4n) is 2.65. The van der Waals surface area contributed by atoms with Gasteiger partial charge in [-0.05, 0) is 30.6 Å². The van der Waals surface area contributed by atoms with E-state index in [1.165, 1.54) is 12.8 Å². The topological polar surface area (TPSA) is 73.1 Å². The van der Waals surface area contributed by atoms with Crippen molar-refractivity contribution in [2.45, 2.75) is 39.5 Å². The summed E-state index contributed by atoms with van der Waals surface area (Å²) < 4.78 is 0. The minimum atomic E-state index is -0.568. The van der Waals surface area contributed by atoms with Gasteiger partial charge in [0.15, 0.2) is 0 Å². The van der Waals surface area contributed by atoms with Gasteiger partial charge >= 0.3 is 0 Å². The number of hydrogen-bond acceptors (Lipinski definition) is 3. The molecule has 3 atom stereocenters. The Kier molecular flexibility index (Phi) is 6.14. The second kappa shape index (κ2) is 7.38. The number of aliphatic hydroxyl groups is 1. The summed E-state index contributed by atoms with van der Waals surface area (Å²) in [5, 5.41) is 21.1. The van der Waals surface area contributed by atoms with Crippen LogP contribution in [0.1, 0.15) is 39.5 Å². The monoisotopic (exact) mass is 252 g/mol. The largest absolute Gasteiger partial charge is 0.396 e. The Bertz CT molecular complexity index is 309. The molecule has 1 aliphatic rings. The smallest absolute Gasteiger partial charge is 0.237 e. The van der Waals surface area contributed by atoms with Gasteiger partial charge in [-0.1, -0.05) is 26.7 Å². The van der Waals surface area contributed by atoms with Crippen molar-refractivity contribution in [2.24, 2.45) is 23.7 Å². The third-order valence-corrected chi connectivity index (χ3v) is 3.93. The van der Waals surface area contributed by atoms with Crippen molar-refractivity contribution in [3.8, 4) is 6.07 Å². The normalized spacial score (nSPS) is 25.5. The average Bonchev–Trinajstić information content (AvgIpc) is 2.37. The first kappa shape index (κ1) is 15.0. The van der Waals surface area contributed by atoms with Gasteiger partial charge in [0.1, 0.15) is 5.92 Å². The Hall–Kier alpha value is -1.08. The lowest BCUT2D eigenvalue weighted by Gasteiger charge is -2.30. The highest BCUT2D eigenvalue weighted by Crippen LogP contribution is 2.29. The van der Waals surface area contributed by atoms with Crippen LogP contribution in [0, 0.1) is 35.0 Å². The van der Waals surface area contributed by atoms with E-state index in [9.17, 15) is 9.90 Å². The molecule has 3 unspecified atom stereocenters. The van der Waals surface area contributed by atoms with Crippen molar-refractivity contribution in [3.63, 3.8) is 0 Å². The molecule has 0 saturated heterocycles. The van der Waals surface area contributed by atoms with Crippen molar-refractivity contribution in [2.75, 3.05) is 13.2 Å². The van der Waals surface area contributed by atoms with Gasteiger partial charge in [-0.2, -0.15) is 5.26 Å². The number of rotatable bonds is 5. The lowest BCUT2D eigenvalue weighted by molar-refractivity contribution is -0.124. The Balaban J connectivity index is 2.44. The summed E-state index contributed by atoms with van der Waals surface area (Å²) in [5.41, 5.74) is 0. The predicted octanol–water partition coefficient (Wildman–Crippen LogP) is 1.70. The zero-order valence-electron chi connectivity index (χ0n) is 11.4. The Morgan fingerprint density at radius 3 is 2.50 bits per heavy atom. The molecule has 0 radical (unpaired) electrons. The molecule has 102 valence electrons. The molecule has 1 saturated carbocycles. The molecule has 18 heavy (non-hydrogen) atoms. The van der Waals surface area contributed by atoms with E-state index in [1.54, 1.807) is 0 Å². The zero-order chi connectivity index (χ0) is 13.5. The molecule has 0 aliphatic heterocycles. The highest BCUT2D eigenvalue weighted by atomic mass is 16.3. The summed E-state index contributed by atoms with van der Waals surface area (Å²) in [7, 11) is 0. The van der Waals surface area contributed by atoms with Gasteiger partial charge in [-0.25, -0.2) is 0 Å². The molecule has 4 heteroatoms. The van der Waals surface area contributed by atoms with Crippen molar-refractivity contribution in [1.29, 1.82) is 5.26 Å². The molecule has 4 nitrogen and oxygen atoms in total. The van der Waals surface area contributed by atoms with Gasteiger partial charge < -0.3 is 10.4 Å². The SMILES string of the molecule is CC(C)C(C#N)C(=O)NCC1CCCCC1CO. The van der Waals surface area contributed by atoms with Gasteiger partial charge in [0.05, 0.1) is 6.07 Å². The van der Waals surface area contributed by atoms with Crippen LogP contribution in [-0.4, -0.2) is 24.2 Å². The van der Waals surface area contributed by atoms with Crippen LogP contribution in [0.3, 0.4) is 0 Å². The van der Waals surface area contributed by atoms with E-state index in [4.69, 9.17) is 5.26 Å².